The average molecular weight is 547 g/mol. The van der Waals surface area contributed by atoms with Crippen molar-refractivity contribution in [3.05, 3.63) is 57.6 Å². The van der Waals surface area contributed by atoms with Crippen molar-refractivity contribution in [1.82, 2.24) is 5.32 Å². The molecule has 0 radical (unpaired) electrons. The Kier molecular flexibility index (Phi) is 8.06. The van der Waals surface area contributed by atoms with Gasteiger partial charge in [0.2, 0.25) is 0 Å². The van der Waals surface area contributed by atoms with Crippen LogP contribution in [0.3, 0.4) is 0 Å². The predicted molar refractivity (Wildman–Crippen MR) is 135 cm³/mol. The lowest BCUT2D eigenvalue weighted by atomic mass is 10.1. The molecule has 10 heteroatoms. The number of amides is 2. The Bertz CT molecular complexity index is 1200. The van der Waals surface area contributed by atoms with Gasteiger partial charge >= 0.3 is 5.97 Å². The molecule has 178 valence electrons. The highest BCUT2D eigenvalue weighted by molar-refractivity contribution is 9.10. The highest BCUT2D eigenvalue weighted by Crippen LogP contribution is 2.38. The number of rotatable bonds is 8. The number of carboxylic acid groups (broad SMARTS) is 1. The molecule has 1 aliphatic rings. The molecule has 34 heavy (non-hydrogen) atoms. The molecule has 0 spiro atoms. The third kappa shape index (κ3) is 5.45. The first-order chi connectivity index (χ1) is 16.2. The predicted octanol–water partition coefficient (Wildman–Crippen LogP) is 4.55. The smallest absolute Gasteiger partial charge is 0.335 e. The summed E-state index contributed by atoms with van der Waals surface area (Å²) in [5.41, 5.74) is 0.573. The summed E-state index contributed by atoms with van der Waals surface area (Å²) in [6, 6.07) is 9.14. The van der Waals surface area contributed by atoms with E-state index in [-0.39, 0.29) is 28.0 Å². The minimum absolute atomic E-state index is 0.0160. The zero-order valence-electron chi connectivity index (χ0n) is 18.8. The number of aromatic carboxylic acids is 1. The van der Waals surface area contributed by atoms with Crippen molar-refractivity contribution < 1.29 is 29.0 Å². The number of nitrogens with zero attached hydrogens (tertiary/aromatic N) is 1. The van der Waals surface area contributed by atoms with Gasteiger partial charge in [0.05, 0.1) is 28.4 Å². The Morgan fingerprint density at radius 2 is 2.00 bits per heavy atom. The van der Waals surface area contributed by atoms with E-state index in [0.717, 1.165) is 11.3 Å². The summed E-state index contributed by atoms with van der Waals surface area (Å²) in [6.45, 7) is 6.19. The van der Waals surface area contributed by atoms with Crippen LogP contribution in [0, 0.1) is 0 Å². The molecule has 3 rings (SSSR count). The fourth-order valence-corrected chi connectivity index (χ4v) is 4.00. The minimum atomic E-state index is -1.15. The van der Waals surface area contributed by atoms with Crippen LogP contribution < -0.4 is 19.7 Å². The molecule has 1 aliphatic heterocycles. The maximum Gasteiger partial charge on any atom is 0.335 e. The number of thiocarbonyl (C=S) groups is 1. The summed E-state index contributed by atoms with van der Waals surface area (Å²) in [6.07, 6.45) is 2.19. The molecule has 1 atom stereocenters. The van der Waals surface area contributed by atoms with Crippen LogP contribution in [0.15, 0.2) is 46.4 Å². The summed E-state index contributed by atoms with van der Waals surface area (Å²) in [7, 11) is 0. The zero-order valence-corrected chi connectivity index (χ0v) is 21.2. The van der Waals surface area contributed by atoms with E-state index in [0.29, 0.717) is 28.1 Å². The molecule has 0 saturated carbocycles. The molecule has 2 amide bonds. The van der Waals surface area contributed by atoms with Gasteiger partial charge in [0, 0.05) is 0 Å². The van der Waals surface area contributed by atoms with Crippen molar-refractivity contribution in [2.24, 2.45) is 0 Å². The van der Waals surface area contributed by atoms with Gasteiger partial charge in [-0.1, -0.05) is 13.0 Å². The number of nitrogens with one attached hydrogen (secondary N) is 1. The first kappa shape index (κ1) is 25.4. The summed E-state index contributed by atoms with van der Waals surface area (Å²) >= 11 is 8.68. The van der Waals surface area contributed by atoms with Gasteiger partial charge in [-0.05, 0) is 90.4 Å². The number of ether oxygens (including phenoxy) is 2. The number of hydrogen-bond donors (Lipinski definition) is 2. The second kappa shape index (κ2) is 10.8. The van der Waals surface area contributed by atoms with Crippen LogP contribution >= 0.6 is 28.1 Å². The Balaban J connectivity index is 2.03. The second-order valence-electron chi connectivity index (χ2n) is 7.41. The number of benzene rings is 2. The maximum absolute atomic E-state index is 13.3. The van der Waals surface area contributed by atoms with Crippen LogP contribution in [0.25, 0.3) is 6.08 Å². The summed E-state index contributed by atoms with van der Waals surface area (Å²) in [4.78, 5) is 38.3. The molecule has 8 nitrogen and oxygen atoms in total. The van der Waals surface area contributed by atoms with Gasteiger partial charge in [-0.3, -0.25) is 19.8 Å². The lowest BCUT2D eigenvalue weighted by molar-refractivity contribution is -0.122. The Hall–Kier alpha value is -3.24. The van der Waals surface area contributed by atoms with Gasteiger partial charge in [-0.2, -0.15) is 0 Å². The lowest BCUT2D eigenvalue weighted by Crippen LogP contribution is -2.54. The number of halogens is 1. The fourth-order valence-electron chi connectivity index (χ4n) is 3.17. The van der Waals surface area contributed by atoms with Gasteiger partial charge in [0.1, 0.15) is 5.57 Å². The molecule has 1 heterocycles. The van der Waals surface area contributed by atoms with Gasteiger partial charge in [0.25, 0.3) is 11.8 Å². The van der Waals surface area contributed by atoms with Crippen LogP contribution in [0.1, 0.15) is 43.1 Å². The van der Waals surface area contributed by atoms with Crippen molar-refractivity contribution >= 4 is 62.8 Å². The minimum Gasteiger partial charge on any atom is -0.490 e. The highest BCUT2D eigenvalue weighted by Gasteiger charge is 2.35. The number of anilines is 1. The lowest BCUT2D eigenvalue weighted by Gasteiger charge is -2.29. The third-order valence-electron chi connectivity index (χ3n) is 4.99. The Morgan fingerprint density at radius 1 is 1.26 bits per heavy atom. The van der Waals surface area contributed by atoms with Gasteiger partial charge in [-0.15, -0.1) is 0 Å². The SMILES string of the molecule is CCOc1cc(C=C2C(=O)NC(=S)N(c3cccc(C(=O)O)c3)C2=O)cc(Br)c1OC(C)CC. The van der Waals surface area contributed by atoms with Crippen LogP contribution in [0.2, 0.25) is 0 Å². The molecule has 2 aromatic rings. The van der Waals surface area contributed by atoms with E-state index in [4.69, 9.17) is 21.7 Å². The second-order valence-corrected chi connectivity index (χ2v) is 8.65. The summed E-state index contributed by atoms with van der Waals surface area (Å²) in [5.74, 6) is -1.48. The molecule has 1 unspecified atom stereocenters. The summed E-state index contributed by atoms with van der Waals surface area (Å²) < 4.78 is 12.3. The van der Waals surface area contributed by atoms with Crippen molar-refractivity contribution in [3.8, 4) is 11.5 Å². The van der Waals surface area contributed by atoms with E-state index >= 15 is 0 Å². The Labute approximate surface area is 210 Å². The van der Waals surface area contributed by atoms with Crippen molar-refractivity contribution in [2.45, 2.75) is 33.3 Å². The molecular weight excluding hydrogens is 524 g/mol. The van der Waals surface area contributed by atoms with Crippen LogP contribution in [-0.4, -0.2) is 40.7 Å². The van der Waals surface area contributed by atoms with E-state index in [1.54, 1.807) is 12.1 Å². The van der Waals surface area contributed by atoms with Crippen molar-refractivity contribution in [2.75, 3.05) is 11.5 Å². The number of carbonyl (C=O) groups excluding carboxylic acids is 2. The quantitative estimate of drug-likeness (QED) is 0.284. The number of carboxylic acids is 1. The van der Waals surface area contributed by atoms with Crippen LogP contribution in [0.5, 0.6) is 11.5 Å². The van der Waals surface area contributed by atoms with Gasteiger partial charge in [-0.25, -0.2) is 4.79 Å². The Morgan fingerprint density at radius 3 is 2.65 bits per heavy atom. The fraction of sp³-hybridized carbons (Fsp3) is 0.250. The molecule has 0 bridgehead atoms. The third-order valence-corrected chi connectivity index (χ3v) is 5.86. The monoisotopic (exact) mass is 546 g/mol. The van der Waals surface area contributed by atoms with E-state index in [1.807, 2.05) is 20.8 Å². The van der Waals surface area contributed by atoms with E-state index in [9.17, 15) is 19.5 Å². The average Bonchev–Trinajstić information content (AvgIpc) is 2.79. The molecule has 0 aromatic heterocycles. The van der Waals surface area contributed by atoms with Gasteiger partial charge in [0.15, 0.2) is 16.6 Å². The first-order valence-electron chi connectivity index (χ1n) is 10.5. The standard InChI is InChI=1S/C24H23BrN2O6S/c1-4-13(3)33-20-18(25)10-14(11-19(20)32-5-2)9-17-21(28)26-24(34)27(22(17)29)16-8-6-7-15(12-16)23(30)31/h6-13H,4-5H2,1-3H3,(H,30,31)(H,26,28,34). The van der Waals surface area contributed by atoms with Crippen molar-refractivity contribution in [1.29, 1.82) is 0 Å². The molecule has 0 aliphatic carbocycles. The number of hydrogen-bond acceptors (Lipinski definition) is 6. The van der Waals surface area contributed by atoms with Crippen LogP contribution in [-0.2, 0) is 9.59 Å². The largest absolute Gasteiger partial charge is 0.490 e. The molecule has 2 aromatic carbocycles. The normalized spacial score (nSPS) is 15.8. The molecule has 1 fully saturated rings. The van der Waals surface area contributed by atoms with E-state index < -0.39 is 17.8 Å². The maximum atomic E-state index is 13.3. The molecule has 2 N–H and O–H groups in total. The van der Waals surface area contributed by atoms with Crippen molar-refractivity contribution in [3.63, 3.8) is 0 Å². The number of carbonyl (C=O) groups is 3. The molecule has 1 saturated heterocycles. The molecular formula is C24H23BrN2O6S. The van der Waals surface area contributed by atoms with Crippen LogP contribution in [0.4, 0.5) is 5.69 Å². The van der Waals surface area contributed by atoms with E-state index in [1.165, 1.54) is 30.3 Å². The van der Waals surface area contributed by atoms with Gasteiger partial charge < -0.3 is 14.6 Å². The van der Waals surface area contributed by atoms with E-state index in [2.05, 4.69) is 21.2 Å². The zero-order chi connectivity index (χ0) is 25.0. The first-order valence-corrected chi connectivity index (χ1v) is 11.7. The summed E-state index contributed by atoms with van der Waals surface area (Å²) in [5, 5.41) is 11.6. The highest BCUT2D eigenvalue weighted by atomic mass is 79.9. The topological polar surface area (TPSA) is 105 Å².